The van der Waals surface area contributed by atoms with E-state index in [4.69, 9.17) is 4.74 Å². The fourth-order valence-electron chi connectivity index (χ4n) is 3.69. The Labute approximate surface area is 153 Å². The third kappa shape index (κ3) is 2.97. The number of aliphatic imine (C=N–C) groups is 1. The Hall–Kier alpha value is -2.15. The van der Waals surface area contributed by atoms with Crippen molar-refractivity contribution in [2.45, 2.75) is 32.1 Å². The monoisotopic (exact) mass is 407 g/mol. The first kappa shape index (κ1) is 17.7. The molecule has 1 fully saturated rings. The number of carbonyl (C=O) groups excluding carboxylic acids is 1. The lowest BCUT2D eigenvalue weighted by atomic mass is 9.69. The molecule has 1 aliphatic carbocycles. The molecular formula is C18H18BrNO5. The number of aromatic hydroxyl groups is 1. The number of phenols is 1. The predicted molar refractivity (Wildman–Crippen MR) is 95.2 cm³/mol. The molecule has 2 aliphatic rings. The second-order valence-electron chi connectivity index (χ2n) is 6.24. The van der Waals surface area contributed by atoms with Crippen molar-refractivity contribution in [1.82, 2.24) is 0 Å². The molecule has 6 nitrogen and oxygen atoms in total. The first-order chi connectivity index (χ1) is 11.8. The number of carboxylic acids is 1. The van der Waals surface area contributed by atoms with Crippen molar-refractivity contribution in [3.05, 3.63) is 33.4 Å². The van der Waals surface area contributed by atoms with E-state index in [9.17, 15) is 19.8 Å². The number of phenolic OH excluding ortho intramolecular Hbond substituents is 1. The smallest absolute Gasteiger partial charge is 0.334 e. The lowest BCUT2D eigenvalue weighted by Crippen LogP contribution is -2.38. The average Bonchev–Trinajstić information content (AvgIpc) is 2.55. The van der Waals surface area contributed by atoms with Crippen LogP contribution in [0.2, 0.25) is 0 Å². The van der Waals surface area contributed by atoms with Gasteiger partial charge in [-0.25, -0.2) is 4.79 Å². The number of hydrogen-bond acceptors (Lipinski definition) is 5. The van der Waals surface area contributed by atoms with Gasteiger partial charge in [-0.05, 0) is 53.4 Å². The molecule has 1 heterocycles. The number of allylic oxidation sites excluding steroid dienone is 1. The number of aliphatic carboxylic acids is 1. The maximum Gasteiger partial charge on any atom is 0.334 e. The minimum absolute atomic E-state index is 0.00409. The number of ether oxygens (including phenoxy) is 1. The average molecular weight is 408 g/mol. The van der Waals surface area contributed by atoms with Crippen molar-refractivity contribution in [3.63, 3.8) is 0 Å². The molecule has 2 atom stereocenters. The van der Waals surface area contributed by atoms with Crippen LogP contribution in [0.25, 0.3) is 0 Å². The van der Waals surface area contributed by atoms with E-state index in [0.29, 0.717) is 28.6 Å². The van der Waals surface area contributed by atoms with Crippen molar-refractivity contribution in [2.24, 2.45) is 10.9 Å². The van der Waals surface area contributed by atoms with Crippen molar-refractivity contribution < 1.29 is 24.5 Å². The van der Waals surface area contributed by atoms with Gasteiger partial charge in [0.1, 0.15) is 5.78 Å². The van der Waals surface area contributed by atoms with Crippen LogP contribution >= 0.6 is 15.9 Å². The molecule has 2 N–H and O–H groups in total. The molecule has 7 heteroatoms. The summed E-state index contributed by atoms with van der Waals surface area (Å²) in [6.07, 6.45) is 1.84. The first-order valence-corrected chi connectivity index (χ1v) is 8.75. The highest BCUT2D eigenvalue weighted by Gasteiger charge is 2.43. The summed E-state index contributed by atoms with van der Waals surface area (Å²) in [5.41, 5.74) is 1.88. The molecule has 0 saturated heterocycles. The molecule has 0 spiro atoms. The Kier molecular flexibility index (Phi) is 4.69. The number of nitrogens with zero attached hydrogens (tertiary/aromatic N) is 1. The van der Waals surface area contributed by atoms with Crippen molar-refractivity contribution in [3.8, 4) is 11.5 Å². The van der Waals surface area contributed by atoms with Crippen LogP contribution in [0.4, 0.5) is 0 Å². The van der Waals surface area contributed by atoms with Gasteiger partial charge in [0.25, 0.3) is 0 Å². The molecule has 0 amide bonds. The standard InChI is InChI=1S/C18H18BrNO5/c1-8-14(18(23)24)15(16-11(20-8)4-3-5-12(16)21)9-6-10(19)17(22)13(7-9)25-2/h6-7,15-16,22H,3-5H2,1-2H3,(H,23,24). The number of benzene rings is 1. The zero-order valence-corrected chi connectivity index (χ0v) is 15.5. The Bertz CT molecular complexity index is 827. The molecule has 0 bridgehead atoms. The third-order valence-corrected chi connectivity index (χ3v) is 5.37. The van der Waals surface area contributed by atoms with E-state index in [1.807, 2.05) is 0 Å². The highest BCUT2D eigenvalue weighted by atomic mass is 79.9. The summed E-state index contributed by atoms with van der Waals surface area (Å²) in [5, 5.41) is 19.8. The normalized spacial score (nSPS) is 23.2. The van der Waals surface area contributed by atoms with Crippen molar-refractivity contribution >= 4 is 33.4 Å². The van der Waals surface area contributed by atoms with E-state index in [1.165, 1.54) is 7.11 Å². The number of ketones is 1. The summed E-state index contributed by atoms with van der Waals surface area (Å²) in [4.78, 5) is 28.9. The molecule has 1 aromatic rings. The summed E-state index contributed by atoms with van der Waals surface area (Å²) in [6.45, 7) is 1.66. The fourth-order valence-corrected chi connectivity index (χ4v) is 4.15. The summed E-state index contributed by atoms with van der Waals surface area (Å²) in [7, 11) is 1.42. The van der Waals surface area contributed by atoms with Crippen LogP contribution < -0.4 is 4.74 Å². The van der Waals surface area contributed by atoms with E-state index >= 15 is 0 Å². The van der Waals surface area contributed by atoms with Gasteiger partial charge in [0.05, 0.1) is 23.1 Å². The largest absolute Gasteiger partial charge is 0.503 e. The summed E-state index contributed by atoms with van der Waals surface area (Å²) >= 11 is 3.27. The molecule has 1 aromatic carbocycles. The number of fused-ring (bicyclic) bond motifs is 1. The molecule has 0 radical (unpaired) electrons. The van der Waals surface area contributed by atoms with Gasteiger partial charge in [-0.15, -0.1) is 0 Å². The van der Waals surface area contributed by atoms with Gasteiger partial charge >= 0.3 is 5.97 Å². The predicted octanol–water partition coefficient (Wildman–Crippen LogP) is 3.43. The molecule has 132 valence electrons. The second-order valence-corrected chi connectivity index (χ2v) is 7.09. The molecule has 0 aromatic heterocycles. The molecule has 1 saturated carbocycles. The quantitative estimate of drug-likeness (QED) is 0.799. The van der Waals surface area contributed by atoms with Gasteiger partial charge in [0, 0.05) is 23.7 Å². The highest BCUT2D eigenvalue weighted by Crippen LogP contribution is 2.46. The zero-order chi connectivity index (χ0) is 18.3. The number of carbonyl (C=O) groups is 2. The van der Waals surface area contributed by atoms with Crippen molar-refractivity contribution in [2.75, 3.05) is 7.11 Å². The third-order valence-electron chi connectivity index (χ3n) is 4.77. The van der Waals surface area contributed by atoms with Crippen LogP contribution in [0.1, 0.15) is 37.7 Å². The number of hydrogen-bond donors (Lipinski definition) is 2. The van der Waals surface area contributed by atoms with Crippen molar-refractivity contribution in [1.29, 1.82) is 0 Å². The topological polar surface area (TPSA) is 96.2 Å². The minimum Gasteiger partial charge on any atom is -0.503 e. The molecule has 3 rings (SSSR count). The SMILES string of the molecule is COc1cc(C2C(C(=O)O)=C(C)N=C3CCCC(=O)C32)cc(Br)c1O. The minimum atomic E-state index is -1.09. The lowest BCUT2D eigenvalue weighted by molar-refractivity contribution is -0.133. The number of rotatable bonds is 3. The highest BCUT2D eigenvalue weighted by molar-refractivity contribution is 9.10. The second kappa shape index (κ2) is 6.63. The molecular weight excluding hydrogens is 390 g/mol. The number of methoxy groups -OCH3 is 1. The zero-order valence-electron chi connectivity index (χ0n) is 13.9. The van der Waals surface area contributed by atoms with Gasteiger partial charge in [0.15, 0.2) is 11.5 Å². The van der Waals surface area contributed by atoms with Crippen LogP contribution in [0.5, 0.6) is 11.5 Å². The molecule has 25 heavy (non-hydrogen) atoms. The molecule has 1 aliphatic heterocycles. The Morgan fingerprint density at radius 2 is 2.04 bits per heavy atom. The summed E-state index contributed by atoms with van der Waals surface area (Å²) in [6, 6.07) is 3.23. The Morgan fingerprint density at radius 3 is 2.68 bits per heavy atom. The summed E-state index contributed by atoms with van der Waals surface area (Å²) in [5.74, 6) is -2.16. The Morgan fingerprint density at radius 1 is 1.32 bits per heavy atom. The Balaban J connectivity index is 2.23. The van der Waals surface area contributed by atoms with Crippen LogP contribution in [0.3, 0.4) is 0 Å². The van der Waals surface area contributed by atoms with Gasteiger partial charge in [-0.2, -0.15) is 0 Å². The maximum atomic E-state index is 12.6. The first-order valence-electron chi connectivity index (χ1n) is 7.95. The number of carboxylic acid groups (broad SMARTS) is 1. The van der Waals surface area contributed by atoms with Crippen LogP contribution in [0.15, 0.2) is 32.9 Å². The van der Waals surface area contributed by atoms with Crippen LogP contribution in [0, 0.1) is 5.92 Å². The van der Waals surface area contributed by atoms with Gasteiger partial charge in [0.2, 0.25) is 0 Å². The van der Waals surface area contributed by atoms with E-state index in [0.717, 1.165) is 12.1 Å². The van der Waals surface area contributed by atoms with E-state index < -0.39 is 17.8 Å². The number of Topliss-reactive ketones (excluding diaryl/α,β-unsaturated/α-hetero) is 1. The maximum absolute atomic E-state index is 12.6. The van der Waals surface area contributed by atoms with Crippen LogP contribution in [-0.4, -0.2) is 34.8 Å². The fraction of sp³-hybridized carbons (Fsp3) is 0.389. The van der Waals surface area contributed by atoms with Gasteiger partial charge < -0.3 is 14.9 Å². The summed E-state index contributed by atoms with van der Waals surface area (Å²) < 4.78 is 5.57. The molecule has 2 unspecified atom stereocenters. The van der Waals surface area contributed by atoms with Gasteiger partial charge in [-0.3, -0.25) is 9.79 Å². The van der Waals surface area contributed by atoms with Gasteiger partial charge in [-0.1, -0.05) is 0 Å². The van der Waals surface area contributed by atoms with E-state index in [1.54, 1.807) is 19.1 Å². The number of halogens is 1. The lowest BCUT2D eigenvalue weighted by Gasteiger charge is -2.35. The van der Waals surface area contributed by atoms with Crippen LogP contribution in [-0.2, 0) is 9.59 Å². The van der Waals surface area contributed by atoms with E-state index in [-0.39, 0.29) is 22.9 Å². The van der Waals surface area contributed by atoms with E-state index in [2.05, 4.69) is 20.9 Å².